The number of pyridine rings is 1. The second-order valence-corrected chi connectivity index (χ2v) is 5.89. The van der Waals surface area contributed by atoms with Crippen LogP contribution in [0.3, 0.4) is 0 Å². The molecule has 0 spiro atoms. The van der Waals surface area contributed by atoms with Crippen molar-refractivity contribution in [2.75, 3.05) is 7.05 Å². The summed E-state index contributed by atoms with van der Waals surface area (Å²) in [6, 6.07) is 7.09. The highest BCUT2D eigenvalue weighted by Gasteiger charge is 2.15. The van der Waals surface area contributed by atoms with Crippen LogP contribution < -0.4 is 5.56 Å². The lowest BCUT2D eigenvalue weighted by molar-refractivity contribution is 0.0775. The van der Waals surface area contributed by atoms with Gasteiger partial charge in [0, 0.05) is 12.7 Å². The minimum Gasteiger partial charge on any atom is -0.333 e. The lowest BCUT2D eigenvalue weighted by Crippen LogP contribution is -2.29. The average Bonchev–Trinajstić information content (AvgIpc) is 2.95. The zero-order valence-corrected chi connectivity index (χ0v) is 13.0. The molecule has 0 atom stereocenters. The Morgan fingerprint density at radius 3 is 2.91 bits per heavy atom. The number of aromatic nitrogens is 3. The predicted molar refractivity (Wildman–Crippen MR) is 85.0 cm³/mol. The van der Waals surface area contributed by atoms with E-state index in [1.165, 1.54) is 16.2 Å². The zero-order valence-electron chi connectivity index (χ0n) is 12.2. The molecule has 0 aliphatic heterocycles. The van der Waals surface area contributed by atoms with Crippen LogP contribution in [0.5, 0.6) is 0 Å². The number of nitrogens with one attached hydrogen (secondary N) is 1. The van der Waals surface area contributed by atoms with Crippen molar-refractivity contribution >= 4 is 27.5 Å². The Morgan fingerprint density at radius 2 is 2.14 bits per heavy atom. The maximum atomic E-state index is 12.3. The van der Waals surface area contributed by atoms with E-state index >= 15 is 0 Å². The van der Waals surface area contributed by atoms with Gasteiger partial charge in [0.15, 0.2) is 0 Å². The number of amides is 1. The van der Waals surface area contributed by atoms with Crippen LogP contribution in [0.2, 0.25) is 0 Å². The highest BCUT2D eigenvalue weighted by atomic mass is 32.1. The fourth-order valence-electron chi connectivity index (χ4n) is 2.15. The Kier molecular flexibility index (Phi) is 3.72. The van der Waals surface area contributed by atoms with E-state index in [-0.39, 0.29) is 18.0 Å². The second kappa shape index (κ2) is 5.69. The normalized spacial score (nSPS) is 10.8. The first-order chi connectivity index (χ1) is 10.5. The number of hydrogen-bond acceptors (Lipinski definition) is 5. The van der Waals surface area contributed by atoms with Crippen LogP contribution in [-0.2, 0) is 6.54 Å². The molecule has 0 fully saturated rings. The van der Waals surface area contributed by atoms with E-state index < -0.39 is 0 Å². The van der Waals surface area contributed by atoms with Gasteiger partial charge in [-0.3, -0.25) is 9.59 Å². The summed E-state index contributed by atoms with van der Waals surface area (Å²) in [6.45, 7) is 2.05. The number of H-pyrrole nitrogens is 1. The molecule has 1 N–H and O–H groups in total. The summed E-state index contributed by atoms with van der Waals surface area (Å²) >= 11 is 1.35. The number of aromatic amines is 1. The summed E-state index contributed by atoms with van der Waals surface area (Å²) in [6.07, 6.45) is 0. The van der Waals surface area contributed by atoms with Gasteiger partial charge in [-0.05, 0) is 30.5 Å². The smallest absolute Gasteiger partial charge is 0.272 e. The van der Waals surface area contributed by atoms with Gasteiger partial charge in [0.25, 0.3) is 11.5 Å². The minimum absolute atomic E-state index is 0.176. The molecule has 0 saturated heterocycles. The Labute approximate surface area is 130 Å². The van der Waals surface area contributed by atoms with Gasteiger partial charge >= 0.3 is 0 Å². The quantitative estimate of drug-likeness (QED) is 0.801. The minimum atomic E-state index is -0.211. The summed E-state index contributed by atoms with van der Waals surface area (Å²) in [5, 5.41) is 1.82. The fourth-order valence-corrected chi connectivity index (χ4v) is 2.88. The number of thiophene rings is 1. The number of carbonyl (C=O) groups excluding carboxylic acids is 1. The molecule has 3 rings (SSSR count). The first kappa shape index (κ1) is 14.4. The van der Waals surface area contributed by atoms with Crippen LogP contribution in [0.4, 0.5) is 0 Å². The average molecular weight is 314 g/mol. The molecular formula is C15H14N4O2S. The lowest BCUT2D eigenvalue weighted by atomic mass is 10.3. The number of aryl methyl sites for hydroxylation is 1. The Morgan fingerprint density at radius 1 is 1.32 bits per heavy atom. The van der Waals surface area contributed by atoms with Crippen LogP contribution in [0.15, 0.2) is 34.4 Å². The maximum absolute atomic E-state index is 12.3. The summed E-state index contributed by atoms with van der Waals surface area (Å²) in [7, 11) is 1.66. The highest BCUT2D eigenvalue weighted by Crippen LogP contribution is 2.14. The van der Waals surface area contributed by atoms with Crippen molar-refractivity contribution in [2.24, 2.45) is 0 Å². The van der Waals surface area contributed by atoms with E-state index in [4.69, 9.17) is 0 Å². The number of fused-ring (bicyclic) bond motifs is 1. The summed E-state index contributed by atoms with van der Waals surface area (Å²) in [5.74, 6) is 0.246. The number of rotatable bonds is 3. The predicted octanol–water partition coefficient (Wildman–Crippen LogP) is 1.96. The molecule has 22 heavy (non-hydrogen) atoms. The van der Waals surface area contributed by atoms with Gasteiger partial charge in [-0.15, -0.1) is 11.3 Å². The Bertz CT molecular complexity index is 900. The molecule has 0 unspecified atom stereocenters. The number of carbonyl (C=O) groups is 1. The van der Waals surface area contributed by atoms with Gasteiger partial charge in [-0.25, -0.2) is 9.97 Å². The molecule has 0 aliphatic rings. The summed E-state index contributed by atoms with van der Waals surface area (Å²) in [4.78, 5) is 37.1. The van der Waals surface area contributed by atoms with Crippen LogP contribution in [0.1, 0.15) is 22.0 Å². The van der Waals surface area contributed by atoms with Crippen molar-refractivity contribution in [3.63, 3.8) is 0 Å². The van der Waals surface area contributed by atoms with Gasteiger partial charge in [-0.2, -0.15) is 0 Å². The third kappa shape index (κ3) is 2.75. The zero-order chi connectivity index (χ0) is 15.7. The molecule has 6 nitrogen and oxygen atoms in total. The van der Waals surface area contributed by atoms with Crippen LogP contribution in [0, 0.1) is 6.92 Å². The van der Waals surface area contributed by atoms with Crippen molar-refractivity contribution in [2.45, 2.75) is 13.5 Å². The largest absolute Gasteiger partial charge is 0.333 e. The number of nitrogens with zero attached hydrogens (tertiary/aromatic N) is 3. The molecule has 0 aromatic carbocycles. The molecule has 0 bridgehead atoms. The van der Waals surface area contributed by atoms with Gasteiger partial charge < -0.3 is 9.88 Å². The summed E-state index contributed by atoms with van der Waals surface area (Å²) < 4.78 is 0.595. The molecule has 0 saturated carbocycles. The van der Waals surface area contributed by atoms with Gasteiger partial charge in [-0.1, -0.05) is 6.07 Å². The molecular weight excluding hydrogens is 300 g/mol. The molecule has 3 aromatic rings. The molecule has 112 valence electrons. The standard InChI is InChI=1S/C15H14N4O2S/c1-9-4-3-5-11(16-9)15(21)19(2)8-12-17-10-6-7-22-13(10)14(20)18-12/h3-7H,8H2,1-2H3,(H,17,18,20). The Balaban J connectivity index is 1.84. The van der Waals surface area contributed by atoms with E-state index in [2.05, 4.69) is 15.0 Å². The number of hydrogen-bond donors (Lipinski definition) is 1. The maximum Gasteiger partial charge on any atom is 0.272 e. The van der Waals surface area contributed by atoms with Gasteiger partial charge in [0.05, 0.1) is 12.1 Å². The Hall–Kier alpha value is -2.54. The van der Waals surface area contributed by atoms with Gasteiger partial charge in [0.2, 0.25) is 0 Å². The van der Waals surface area contributed by atoms with Crippen LogP contribution in [0.25, 0.3) is 10.2 Å². The van der Waals surface area contributed by atoms with Crippen LogP contribution in [-0.4, -0.2) is 32.8 Å². The third-order valence-corrected chi connectivity index (χ3v) is 4.11. The second-order valence-electron chi connectivity index (χ2n) is 4.97. The van der Waals surface area contributed by atoms with E-state index in [1.807, 2.05) is 18.4 Å². The monoisotopic (exact) mass is 314 g/mol. The summed E-state index contributed by atoms with van der Waals surface area (Å²) in [5.41, 5.74) is 1.63. The van der Waals surface area contributed by atoms with E-state index in [9.17, 15) is 9.59 Å². The highest BCUT2D eigenvalue weighted by molar-refractivity contribution is 7.17. The van der Waals surface area contributed by atoms with Crippen molar-refractivity contribution in [1.82, 2.24) is 19.9 Å². The van der Waals surface area contributed by atoms with E-state index in [1.54, 1.807) is 25.2 Å². The van der Waals surface area contributed by atoms with Crippen molar-refractivity contribution in [1.29, 1.82) is 0 Å². The first-order valence-corrected chi connectivity index (χ1v) is 7.58. The SMILES string of the molecule is Cc1cccc(C(=O)N(C)Cc2nc3ccsc3c(=O)[nH]2)n1. The molecule has 0 radical (unpaired) electrons. The van der Waals surface area contributed by atoms with E-state index in [0.717, 1.165) is 5.69 Å². The third-order valence-electron chi connectivity index (χ3n) is 3.20. The molecule has 0 aliphatic carbocycles. The molecule has 3 aromatic heterocycles. The van der Waals surface area contributed by atoms with Crippen molar-refractivity contribution in [3.05, 3.63) is 57.2 Å². The lowest BCUT2D eigenvalue weighted by Gasteiger charge is -2.16. The van der Waals surface area contributed by atoms with Crippen molar-refractivity contribution in [3.8, 4) is 0 Å². The van der Waals surface area contributed by atoms with Crippen LogP contribution >= 0.6 is 11.3 Å². The molecule has 1 amide bonds. The topological polar surface area (TPSA) is 79.0 Å². The molecule has 7 heteroatoms. The van der Waals surface area contributed by atoms with Gasteiger partial charge in [0.1, 0.15) is 16.2 Å². The first-order valence-electron chi connectivity index (χ1n) is 6.70. The van der Waals surface area contributed by atoms with E-state index in [0.29, 0.717) is 21.7 Å². The van der Waals surface area contributed by atoms with Crippen molar-refractivity contribution < 1.29 is 4.79 Å². The fraction of sp³-hybridized carbons (Fsp3) is 0.200. The molecule has 3 heterocycles.